The molecule has 1 aliphatic heterocycles. The Bertz CT molecular complexity index is 537. The van der Waals surface area contributed by atoms with Crippen molar-refractivity contribution in [3.05, 3.63) is 28.8 Å². The second kappa shape index (κ2) is 6.19. The first kappa shape index (κ1) is 16.7. The van der Waals surface area contributed by atoms with Crippen LogP contribution in [0.25, 0.3) is 0 Å². The number of hydrogen-bond acceptors (Lipinski definition) is 3. The minimum absolute atomic E-state index is 0.209. The SMILES string of the molecule is COc1cc(C)c(C2CCN(C(=O)OC(C)(C)C)C2)c(C)c1. The van der Waals surface area contributed by atoms with Crippen LogP contribution in [0.4, 0.5) is 4.79 Å². The molecule has 0 spiro atoms. The second-order valence-corrected chi connectivity index (χ2v) is 7.09. The number of hydrogen-bond donors (Lipinski definition) is 0. The molecular weight excluding hydrogens is 278 g/mol. The molecule has 1 aliphatic rings. The van der Waals surface area contributed by atoms with Gasteiger partial charge in [0.1, 0.15) is 11.4 Å². The molecule has 1 heterocycles. The number of aryl methyl sites for hydroxylation is 2. The Kier molecular flexibility index (Phi) is 4.69. The summed E-state index contributed by atoms with van der Waals surface area (Å²) in [6.07, 6.45) is 0.770. The molecule has 1 amide bonds. The van der Waals surface area contributed by atoms with Gasteiger partial charge in [0.05, 0.1) is 7.11 Å². The second-order valence-electron chi connectivity index (χ2n) is 7.09. The Morgan fingerprint density at radius 3 is 2.32 bits per heavy atom. The van der Waals surface area contributed by atoms with Crippen molar-refractivity contribution in [3.63, 3.8) is 0 Å². The Morgan fingerprint density at radius 1 is 1.23 bits per heavy atom. The summed E-state index contributed by atoms with van der Waals surface area (Å²) in [6.45, 7) is 11.4. The van der Waals surface area contributed by atoms with E-state index < -0.39 is 5.60 Å². The fourth-order valence-electron chi connectivity index (χ4n) is 3.18. The zero-order valence-electron chi connectivity index (χ0n) is 14.5. The molecule has 0 radical (unpaired) electrons. The zero-order valence-corrected chi connectivity index (χ0v) is 14.5. The highest BCUT2D eigenvalue weighted by atomic mass is 16.6. The number of nitrogens with zero attached hydrogens (tertiary/aromatic N) is 1. The monoisotopic (exact) mass is 305 g/mol. The Balaban J connectivity index is 2.12. The van der Waals surface area contributed by atoms with Gasteiger partial charge in [-0.05, 0) is 69.9 Å². The van der Waals surface area contributed by atoms with Gasteiger partial charge in [-0.2, -0.15) is 0 Å². The first-order valence-electron chi connectivity index (χ1n) is 7.84. The van der Waals surface area contributed by atoms with E-state index in [0.717, 1.165) is 25.3 Å². The quantitative estimate of drug-likeness (QED) is 0.828. The van der Waals surface area contributed by atoms with Crippen molar-refractivity contribution in [1.82, 2.24) is 4.90 Å². The summed E-state index contributed by atoms with van der Waals surface area (Å²) in [6, 6.07) is 4.14. The van der Waals surface area contributed by atoms with Crippen LogP contribution < -0.4 is 4.74 Å². The summed E-state index contributed by atoms with van der Waals surface area (Å²) in [5.41, 5.74) is 3.36. The highest BCUT2D eigenvalue weighted by molar-refractivity contribution is 5.68. The van der Waals surface area contributed by atoms with Crippen molar-refractivity contribution in [1.29, 1.82) is 0 Å². The number of benzene rings is 1. The van der Waals surface area contributed by atoms with Crippen LogP contribution >= 0.6 is 0 Å². The Labute approximate surface area is 133 Å². The highest BCUT2D eigenvalue weighted by Crippen LogP contribution is 2.34. The van der Waals surface area contributed by atoms with E-state index in [-0.39, 0.29) is 6.09 Å². The number of methoxy groups -OCH3 is 1. The number of rotatable bonds is 2. The van der Waals surface area contributed by atoms with Crippen LogP contribution in [-0.2, 0) is 4.74 Å². The van der Waals surface area contributed by atoms with Gasteiger partial charge in [-0.3, -0.25) is 0 Å². The molecule has 4 nitrogen and oxygen atoms in total. The van der Waals surface area contributed by atoms with Crippen molar-refractivity contribution >= 4 is 6.09 Å². The van der Waals surface area contributed by atoms with Crippen molar-refractivity contribution in [3.8, 4) is 5.75 Å². The molecule has 1 aromatic carbocycles. The molecule has 1 fully saturated rings. The lowest BCUT2D eigenvalue weighted by Crippen LogP contribution is -2.35. The Morgan fingerprint density at radius 2 is 1.82 bits per heavy atom. The van der Waals surface area contributed by atoms with Gasteiger partial charge in [-0.25, -0.2) is 4.79 Å². The third-order valence-electron chi connectivity index (χ3n) is 4.05. The number of carbonyl (C=O) groups excluding carboxylic acids is 1. The highest BCUT2D eigenvalue weighted by Gasteiger charge is 2.31. The van der Waals surface area contributed by atoms with Gasteiger partial charge >= 0.3 is 6.09 Å². The predicted molar refractivity (Wildman–Crippen MR) is 87.6 cm³/mol. The van der Waals surface area contributed by atoms with Crippen molar-refractivity contribution in [2.24, 2.45) is 0 Å². The molecule has 122 valence electrons. The molecule has 2 rings (SSSR count). The minimum atomic E-state index is -0.443. The lowest BCUT2D eigenvalue weighted by atomic mass is 9.90. The van der Waals surface area contributed by atoms with Crippen LogP contribution in [0, 0.1) is 13.8 Å². The molecule has 1 aromatic rings. The number of carbonyl (C=O) groups is 1. The molecule has 0 bridgehead atoms. The molecule has 0 saturated carbocycles. The van der Waals surface area contributed by atoms with Crippen molar-refractivity contribution in [2.45, 2.75) is 52.6 Å². The van der Waals surface area contributed by atoms with E-state index in [1.54, 1.807) is 7.11 Å². The van der Waals surface area contributed by atoms with E-state index in [0.29, 0.717) is 5.92 Å². The topological polar surface area (TPSA) is 38.8 Å². The third-order valence-corrected chi connectivity index (χ3v) is 4.05. The molecule has 1 unspecified atom stereocenters. The molecular formula is C18H27NO3. The summed E-state index contributed by atoms with van der Waals surface area (Å²) in [4.78, 5) is 14.0. The first-order valence-corrected chi connectivity index (χ1v) is 7.84. The average molecular weight is 305 g/mol. The number of likely N-dealkylation sites (tertiary alicyclic amines) is 1. The standard InChI is InChI=1S/C18H27NO3/c1-12-9-15(21-6)10-13(2)16(12)14-7-8-19(11-14)17(20)22-18(3,4)5/h9-10,14H,7-8,11H2,1-6H3. The fourth-order valence-corrected chi connectivity index (χ4v) is 3.18. The zero-order chi connectivity index (χ0) is 16.5. The van der Waals surface area contributed by atoms with Gasteiger partial charge in [0, 0.05) is 19.0 Å². The summed E-state index contributed by atoms with van der Waals surface area (Å²) >= 11 is 0. The van der Waals surface area contributed by atoms with Crippen LogP contribution in [0.5, 0.6) is 5.75 Å². The third kappa shape index (κ3) is 3.73. The number of amides is 1. The van der Waals surface area contributed by atoms with E-state index in [2.05, 4.69) is 26.0 Å². The normalized spacial score (nSPS) is 18.5. The molecule has 0 aliphatic carbocycles. The van der Waals surface area contributed by atoms with Crippen molar-refractivity contribution < 1.29 is 14.3 Å². The van der Waals surface area contributed by atoms with Crippen LogP contribution in [0.15, 0.2) is 12.1 Å². The summed E-state index contributed by atoms with van der Waals surface area (Å²) in [5, 5.41) is 0. The number of ether oxygens (including phenoxy) is 2. The lowest BCUT2D eigenvalue weighted by Gasteiger charge is -2.25. The predicted octanol–water partition coefficient (Wildman–Crippen LogP) is 4.04. The summed E-state index contributed by atoms with van der Waals surface area (Å²) in [7, 11) is 1.69. The van der Waals surface area contributed by atoms with E-state index in [1.165, 1.54) is 16.7 Å². The average Bonchev–Trinajstić information content (AvgIpc) is 2.85. The lowest BCUT2D eigenvalue weighted by molar-refractivity contribution is 0.0292. The van der Waals surface area contributed by atoms with Gasteiger partial charge in [-0.1, -0.05) is 0 Å². The van der Waals surface area contributed by atoms with E-state index in [1.807, 2.05) is 25.7 Å². The van der Waals surface area contributed by atoms with Gasteiger partial charge in [0.25, 0.3) is 0 Å². The maximum absolute atomic E-state index is 12.2. The first-order chi connectivity index (χ1) is 10.2. The van der Waals surface area contributed by atoms with Gasteiger partial charge in [0.15, 0.2) is 0 Å². The summed E-state index contributed by atoms with van der Waals surface area (Å²) in [5.74, 6) is 1.26. The van der Waals surface area contributed by atoms with Crippen LogP contribution in [-0.4, -0.2) is 36.8 Å². The Hall–Kier alpha value is -1.71. The van der Waals surface area contributed by atoms with E-state index in [9.17, 15) is 4.79 Å². The van der Waals surface area contributed by atoms with Crippen molar-refractivity contribution in [2.75, 3.05) is 20.2 Å². The van der Waals surface area contributed by atoms with E-state index in [4.69, 9.17) is 9.47 Å². The van der Waals surface area contributed by atoms with Crippen LogP contribution in [0.2, 0.25) is 0 Å². The summed E-state index contributed by atoms with van der Waals surface area (Å²) < 4.78 is 10.8. The molecule has 1 atom stereocenters. The molecule has 0 N–H and O–H groups in total. The smallest absolute Gasteiger partial charge is 0.410 e. The molecule has 22 heavy (non-hydrogen) atoms. The minimum Gasteiger partial charge on any atom is -0.497 e. The van der Waals surface area contributed by atoms with Crippen LogP contribution in [0.3, 0.4) is 0 Å². The largest absolute Gasteiger partial charge is 0.497 e. The van der Waals surface area contributed by atoms with Gasteiger partial charge in [-0.15, -0.1) is 0 Å². The fraction of sp³-hybridized carbons (Fsp3) is 0.611. The molecule has 1 saturated heterocycles. The van der Waals surface area contributed by atoms with Gasteiger partial charge in [0.2, 0.25) is 0 Å². The van der Waals surface area contributed by atoms with E-state index >= 15 is 0 Å². The van der Waals surface area contributed by atoms with Gasteiger partial charge < -0.3 is 14.4 Å². The molecule has 4 heteroatoms. The van der Waals surface area contributed by atoms with Crippen LogP contribution in [0.1, 0.15) is 49.8 Å². The maximum Gasteiger partial charge on any atom is 0.410 e. The molecule has 0 aromatic heterocycles. The maximum atomic E-state index is 12.2.